The Hall–Kier alpha value is -2.69. The number of carboxylic acid groups (broad SMARTS) is 2. The predicted molar refractivity (Wildman–Crippen MR) is 71.4 cm³/mol. The first-order valence-electron chi connectivity index (χ1n) is 6.25. The lowest BCUT2D eigenvalue weighted by atomic mass is 10.2. The largest absolute Gasteiger partial charge is 0.478 e. The second-order valence-corrected chi connectivity index (χ2v) is 4.01. The smallest absolute Gasteiger partial charge is 0.328 e. The molecule has 1 atom stereocenters. The molecule has 0 aromatic heterocycles. The molecule has 0 radical (unpaired) electrons. The lowest BCUT2D eigenvalue weighted by Crippen LogP contribution is -2.41. The fraction of sp³-hybridized carbons (Fsp3) is 0.545. The molecule has 1 aliphatic rings. The molecule has 1 rings (SSSR count). The molecule has 124 valence electrons. The van der Waals surface area contributed by atoms with Crippen molar-refractivity contribution in [2.24, 2.45) is 0 Å². The van der Waals surface area contributed by atoms with Gasteiger partial charge in [0.15, 0.2) is 0 Å². The first kappa shape index (κ1) is 19.3. The van der Waals surface area contributed by atoms with Crippen LogP contribution in [0.25, 0.3) is 0 Å². The Kier molecular flexibility index (Phi) is 9.67. The number of nitrogens with zero attached hydrogens (tertiary/aromatic N) is 1. The Morgan fingerprint density at radius 3 is 2.32 bits per heavy atom. The van der Waals surface area contributed by atoms with Gasteiger partial charge < -0.3 is 25.7 Å². The Bertz CT molecular complexity index is 415. The van der Waals surface area contributed by atoms with Crippen molar-refractivity contribution in [1.82, 2.24) is 10.6 Å². The highest BCUT2D eigenvalue weighted by atomic mass is 16.9. The monoisotopic (exact) mass is 319 g/mol. The van der Waals surface area contributed by atoms with Crippen molar-refractivity contribution in [3.05, 3.63) is 22.3 Å². The molecule has 0 unspecified atom stereocenters. The molecule has 1 saturated heterocycles. The van der Waals surface area contributed by atoms with Gasteiger partial charge in [-0.1, -0.05) is 0 Å². The highest BCUT2D eigenvalue weighted by molar-refractivity contribution is 5.89. The van der Waals surface area contributed by atoms with Crippen LogP contribution in [-0.4, -0.2) is 58.9 Å². The second-order valence-electron chi connectivity index (χ2n) is 4.01. The van der Waals surface area contributed by atoms with Gasteiger partial charge in [0.05, 0.1) is 6.04 Å². The zero-order valence-electron chi connectivity index (χ0n) is 11.6. The summed E-state index contributed by atoms with van der Waals surface area (Å²) in [6.07, 6.45) is 2.93. The van der Waals surface area contributed by atoms with E-state index in [9.17, 15) is 24.5 Å². The van der Waals surface area contributed by atoms with Gasteiger partial charge in [-0.2, -0.15) is 0 Å². The molecule has 0 aromatic rings. The molecule has 1 fully saturated rings. The third-order valence-electron chi connectivity index (χ3n) is 2.34. The van der Waals surface area contributed by atoms with Crippen LogP contribution in [0.15, 0.2) is 12.2 Å². The summed E-state index contributed by atoms with van der Waals surface area (Å²) >= 11 is 0. The number of amides is 1. The number of carboxylic acids is 2. The van der Waals surface area contributed by atoms with Crippen molar-refractivity contribution < 1.29 is 34.5 Å². The highest BCUT2D eigenvalue weighted by Crippen LogP contribution is 2.03. The van der Waals surface area contributed by atoms with Gasteiger partial charge in [0, 0.05) is 18.7 Å². The summed E-state index contributed by atoms with van der Waals surface area (Å²) in [7, 11) is 0. The molecule has 0 spiro atoms. The number of carbonyl (C=O) groups is 3. The van der Waals surface area contributed by atoms with Crippen molar-refractivity contribution in [3.8, 4) is 0 Å². The van der Waals surface area contributed by atoms with Crippen molar-refractivity contribution in [2.75, 3.05) is 19.7 Å². The Labute approximate surface area is 125 Å². The van der Waals surface area contributed by atoms with Gasteiger partial charge in [-0.05, 0) is 19.4 Å². The highest BCUT2D eigenvalue weighted by Gasteiger charge is 2.21. The van der Waals surface area contributed by atoms with Gasteiger partial charge in [0.1, 0.15) is 6.61 Å². The number of rotatable bonds is 7. The van der Waals surface area contributed by atoms with Gasteiger partial charge in [0.2, 0.25) is 5.91 Å². The summed E-state index contributed by atoms with van der Waals surface area (Å²) in [5.41, 5.74) is 0. The minimum atomic E-state index is -1.26. The van der Waals surface area contributed by atoms with E-state index in [4.69, 9.17) is 10.2 Å². The molecule has 0 aromatic carbocycles. The van der Waals surface area contributed by atoms with E-state index in [0.717, 1.165) is 19.4 Å². The van der Waals surface area contributed by atoms with E-state index < -0.39 is 17.0 Å². The van der Waals surface area contributed by atoms with Gasteiger partial charge in [0.25, 0.3) is 5.09 Å². The Morgan fingerprint density at radius 1 is 1.32 bits per heavy atom. The second kappa shape index (κ2) is 11.0. The Balaban J connectivity index is 0.000000472. The molecule has 11 nitrogen and oxygen atoms in total. The minimum Gasteiger partial charge on any atom is -0.478 e. The van der Waals surface area contributed by atoms with Crippen LogP contribution in [0, 0.1) is 10.1 Å². The topological polar surface area (TPSA) is 168 Å². The van der Waals surface area contributed by atoms with Crippen LogP contribution in [0.5, 0.6) is 0 Å². The first-order chi connectivity index (χ1) is 10.3. The zero-order chi connectivity index (χ0) is 17.0. The van der Waals surface area contributed by atoms with E-state index in [0.29, 0.717) is 12.2 Å². The number of nitrogens with one attached hydrogen (secondary N) is 2. The van der Waals surface area contributed by atoms with Gasteiger partial charge in [-0.25, -0.2) is 9.59 Å². The van der Waals surface area contributed by atoms with Crippen molar-refractivity contribution in [3.63, 3.8) is 0 Å². The van der Waals surface area contributed by atoms with Crippen LogP contribution < -0.4 is 10.6 Å². The average Bonchev–Trinajstić information content (AvgIpc) is 2.96. The summed E-state index contributed by atoms with van der Waals surface area (Å²) < 4.78 is 0. The van der Waals surface area contributed by atoms with Crippen LogP contribution in [0.2, 0.25) is 0 Å². The van der Waals surface area contributed by atoms with Crippen LogP contribution in [0.1, 0.15) is 12.8 Å². The van der Waals surface area contributed by atoms with Gasteiger partial charge >= 0.3 is 11.9 Å². The quantitative estimate of drug-likeness (QED) is 0.194. The maximum atomic E-state index is 11.3. The van der Waals surface area contributed by atoms with Crippen LogP contribution in [0.4, 0.5) is 0 Å². The number of hydrogen-bond donors (Lipinski definition) is 4. The summed E-state index contributed by atoms with van der Waals surface area (Å²) in [4.78, 5) is 44.2. The predicted octanol–water partition coefficient (Wildman–Crippen LogP) is -1.23. The minimum absolute atomic E-state index is 0.106. The van der Waals surface area contributed by atoms with E-state index in [1.807, 2.05) is 0 Å². The molecule has 22 heavy (non-hydrogen) atoms. The summed E-state index contributed by atoms with van der Waals surface area (Å²) in [5.74, 6) is -2.63. The molecule has 1 aliphatic heterocycles. The van der Waals surface area contributed by atoms with Crippen LogP contribution >= 0.6 is 0 Å². The summed E-state index contributed by atoms with van der Waals surface area (Å²) in [6.45, 7) is 0.910. The molecule has 0 saturated carbocycles. The lowest BCUT2D eigenvalue weighted by Gasteiger charge is -2.09. The molecule has 0 aliphatic carbocycles. The molecular formula is C11H17N3O8. The molecule has 0 bridgehead atoms. The van der Waals surface area contributed by atoms with Crippen LogP contribution in [0.3, 0.4) is 0 Å². The van der Waals surface area contributed by atoms with Gasteiger partial charge in [-0.3, -0.25) is 4.79 Å². The van der Waals surface area contributed by atoms with E-state index in [1.165, 1.54) is 0 Å². The normalized spacial score (nSPS) is 16.5. The number of carbonyl (C=O) groups excluding carboxylic acids is 1. The van der Waals surface area contributed by atoms with Crippen molar-refractivity contribution in [2.45, 2.75) is 18.9 Å². The first-order valence-corrected chi connectivity index (χ1v) is 6.25. The fourth-order valence-corrected chi connectivity index (χ4v) is 1.47. The summed E-state index contributed by atoms with van der Waals surface area (Å²) in [5, 5.41) is 30.1. The molecular weight excluding hydrogens is 302 g/mol. The van der Waals surface area contributed by atoms with E-state index in [-0.39, 0.29) is 25.1 Å². The lowest BCUT2D eigenvalue weighted by molar-refractivity contribution is -0.757. The van der Waals surface area contributed by atoms with E-state index in [1.54, 1.807) is 0 Å². The van der Waals surface area contributed by atoms with E-state index >= 15 is 0 Å². The molecule has 4 N–H and O–H groups in total. The Morgan fingerprint density at radius 2 is 1.91 bits per heavy atom. The fourth-order valence-electron chi connectivity index (χ4n) is 1.47. The zero-order valence-corrected chi connectivity index (χ0v) is 11.6. The molecule has 1 heterocycles. The third-order valence-corrected chi connectivity index (χ3v) is 2.34. The average molecular weight is 319 g/mol. The maximum Gasteiger partial charge on any atom is 0.328 e. The van der Waals surface area contributed by atoms with Crippen LogP contribution in [-0.2, 0) is 19.2 Å². The number of hydrogen-bond acceptors (Lipinski definition) is 7. The SMILES string of the molecule is O=C(NCCO[N+](=O)[O-])[C@@H]1CCCN1.O=C(O)/C=C/C(=O)O. The van der Waals surface area contributed by atoms with E-state index in [2.05, 4.69) is 15.5 Å². The molecule has 1 amide bonds. The maximum absolute atomic E-state index is 11.3. The van der Waals surface area contributed by atoms with Gasteiger partial charge in [-0.15, -0.1) is 10.1 Å². The molecule has 11 heteroatoms. The number of aliphatic carboxylic acids is 2. The third kappa shape index (κ3) is 11.2. The van der Waals surface area contributed by atoms with Crippen molar-refractivity contribution in [1.29, 1.82) is 0 Å². The standard InChI is InChI=1S/C7H13N3O4.C4H4O4/c11-7(6-2-1-3-8-6)9-4-5-14-10(12)13;5-3(6)1-2-4(7)8/h6,8H,1-5H2,(H,9,11);1-2H,(H,5,6)(H,7,8)/b;2-1+/t6-;/m0./s1. The summed E-state index contributed by atoms with van der Waals surface area (Å²) in [6, 6.07) is -0.148. The van der Waals surface area contributed by atoms with Crippen molar-refractivity contribution >= 4 is 17.8 Å².